The van der Waals surface area contributed by atoms with E-state index >= 15 is 0 Å². The van der Waals surface area contributed by atoms with Gasteiger partial charge in [0.1, 0.15) is 11.4 Å². The average Bonchev–Trinajstić information content (AvgIpc) is 3.32. The molecule has 0 saturated carbocycles. The SMILES string of the molecule is CCOc1ccc(NC2=C(c3cccs3)C(=O)N(c3ccc(C)cc3C)C2=O)cc1. The van der Waals surface area contributed by atoms with Crippen LogP contribution in [0.1, 0.15) is 22.9 Å². The lowest BCUT2D eigenvalue weighted by molar-refractivity contribution is -0.120. The van der Waals surface area contributed by atoms with Gasteiger partial charge < -0.3 is 10.1 Å². The fourth-order valence-corrected chi connectivity index (χ4v) is 4.28. The lowest BCUT2D eigenvalue weighted by Crippen LogP contribution is -2.33. The van der Waals surface area contributed by atoms with Crippen molar-refractivity contribution in [3.8, 4) is 5.75 Å². The van der Waals surface area contributed by atoms with Gasteiger partial charge in [-0.25, -0.2) is 4.90 Å². The number of ether oxygens (including phenoxy) is 1. The van der Waals surface area contributed by atoms with Crippen molar-refractivity contribution in [2.75, 3.05) is 16.8 Å². The summed E-state index contributed by atoms with van der Waals surface area (Å²) in [6.07, 6.45) is 0. The number of carbonyl (C=O) groups excluding carboxylic acids is 2. The molecule has 3 aromatic rings. The summed E-state index contributed by atoms with van der Waals surface area (Å²) in [6, 6.07) is 16.8. The van der Waals surface area contributed by atoms with Gasteiger partial charge in [-0.3, -0.25) is 9.59 Å². The van der Waals surface area contributed by atoms with E-state index in [0.29, 0.717) is 23.6 Å². The maximum atomic E-state index is 13.4. The van der Waals surface area contributed by atoms with Crippen LogP contribution in [0.25, 0.3) is 5.57 Å². The first kappa shape index (κ1) is 19.9. The average molecular weight is 419 g/mol. The molecule has 4 rings (SSSR count). The fourth-order valence-electron chi connectivity index (χ4n) is 3.52. The Morgan fingerprint density at radius 3 is 2.40 bits per heavy atom. The molecule has 2 aromatic carbocycles. The molecular formula is C24H22N2O3S. The number of rotatable bonds is 6. The molecule has 1 aliphatic heterocycles. The van der Waals surface area contributed by atoms with Gasteiger partial charge in [0.25, 0.3) is 11.8 Å². The van der Waals surface area contributed by atoms with Crippen LogP contribution in [0.3, 0.4) is 0 Å². The molecule has 1 aromatic heterocycles. The Bertz CT molecular complexity index is 1130. The Balaban J connectivity index is 1.74. The number of hydrogen-bond donors (Lipinski definition) is 1. The fraction of sp³-hybridized carbons (Fsp3) is 0.167. The molecule has 30 heavy (non-hydrogen) atoms. The maximum absolute atomic E-state index is 13.4. The summed E-state index contributed by atoms with van der Waals surface area (Å²) >= 11 is 1.44. The Kier molecular flexibility index (Phi) is 5.42. The van der Waals surface area contributed by atoms with Gasteiger partial charge >= 0.3 is 0 Å². The van der Waals surface area contributed by atoms with Crippen LogP contribution in [0.4, 0.5) is 11.4 Å². The molecule has 0 unspecified atom stereocenters. The van der Waals surface area contributed by atoms with E-state index in [1.807, 2.05) is 80.7 Å². The molecule has 2 heterocycles. The highest BCUT2D eigenvalue weighted by atomic mass is 32.1. The van der Waals surface area contributed by atoms with Crippen LogP contribution >= 0.6 is 11.3 Å². The quantitative estimate of drug-likeness (QED) is 0.562. The minimum absolute atomic E-state index is 0.284. The lowest BCUT2D eigenvalue weighted by Gasteiger charge is -2.18. The molecule has 152 valence electrons. The lowest BCUT2D eigenvalue weighted by atomic mass is 10.1. The van der Waals surface area contributed by atoms with Gasteiger partial charge in [-0.15, -0.1) is 11.3 Å². The number of amides is 2. The predicted octanol–water partition coefficient (Wildman–Crippen LogP) is 5.16. The monoisotopic (exact) mass is 418 g/mol. The smallest absolute Gasteiger partial charge is 0.282 e. The second kappa shape index (κ2) is 8.16. The predicted molar refractivity (Wildman–Crippen MR) is 121 cm³/mol. The number of nitrogens with one attached hydrogen (secondary N) is 1. The number of nitrogens with zero attached hydrogens (tertiary/aromatic N) is 1. The van der Waals surface area contributed by atoms with Crippen molar-refractivity contribution in [3.05, 3.63) is 81.7 Å². The molecule has 0 bridgehead atoms. The van der Waals surface area contributed by atoms with Crippen LogP contribution in [-0.2, 0) is 9.59 Å². The van der Waals surface area contributed by atoms with E-state index in [-0.39, 0.29) is 17.5 Å². The number of aryl methyl sites for hydroxylation is 2. The Morgan fingerprint density at radius 1 is 1.00 bits per heavy atom. The van der Waals surface area contributed by atoms with E-state index < -0.39 is 0 Å². The number of anilines is 2. The summed E-state index contributed by atoms with van der Waals surface area (Å²) in [7, 11) is 0. The second-order valence-electron chi connectivity index (χ2n) is 7.05. The summed E-state index contributed by atoms with van der Waals surface area (Å²) in [5, 5.41) is 5.08. The van der Waals surface area contributed by atoms with Gasteiger partial charge in [-0.05, 0) is 68.1 Å². The van der Waals surface area contributed by atoms with Crippen LogP contribution in [0.5, 0.6) is 5.75 Å². The Hall–Kier alpha value is -3.38. The topological polar surface area (TPSA) is 58.6 Å². The first-order valence-electron chi connectivity index (χ1n) is 9.73. The normalized spacial score (nSPS) is 13.9. The van der Waals surface area contributed by atoms with E-state index in [2.05, 4.69) is 5.32 Å². The van der Waals surface area contributed by atoms with E-state index in [1.165, 1.54) is 16.2 Å². The molecule has 0 aliphatic carbocycles. The molecule has 0 radical (unpaired) electrons. The zero-order valence-corrected chi connectivity index (χ0v) is 17.9. The number of carbonyl (C=O) groups is 2. The highest BCUT2D eigenvalue weighted by Gasteiger charge is 2.41. The third-order valence-corrected chi connectivity index (χ3v) is 5.77. The van der Waals surface area contributed by atoms with E-state index in [4.69, 9.17) is 4.74 Å². The summed E-state index contributed by atoms with van der Waals surface area (Å²) in [5.41, 5.74) is 3.95. The van der Waals surface area contributed by atoms with Crippen LogP contribution in [0.15, 0.2) is 65.7 Å². The zero-order valence-electron chi connectivity index (χ0n) is 17.1. The molecule has 0 saturated heterocycles. The molecule has 1 N–H and O–H groups in total. The van der Waals surface area contributed by atoms with Crippen molar-refractivity contribution in [2.45, 2.75) is 20.8 Å². The molecule has 0 spiro atoms. The van der Waals surface area contributed by atoms with Crippen LogP contribution in [-0.4, -0.2) is 18.4 Å². The Labute approximate surface area is 179 Å². The minimum atomic E-state index is -0.357. The second-order valence-corrected chi connectivity index (χ2v) is 7.99. The van der Waals surface area contributed by atoms with Crippen LogP contribution < -0.4 is 15.0 Å². The van der Waals surface area contributed by atoms with Gasteiger partial charge in [0.05, 0.1) is 17.9 Å². The van der Waals surface area contributed by atoms with Gasteiger partial charge in [0, 0.05) is 10.6 Å². The number of hydrogen-bond acceptors (Lipinski definition) is 5. The summed E-state index contributed by atoms with van der Waals surface area (Å²) < 4.78 is 5.48. The number of benzene rings is 2. The third kappa shape index (κ3) is 3.62. The molecular weight excluding hydrogens is 396 g/mol. The van der Waals surface area contributed by atoms with Crippen molar-refractivity contribution in [1.29, 1.82) is 0 Å². The number of imide groups is 1. The number of thiophene rings is 1. The van der Waals surface area contributed by atoms with E-state index in [1.54, 1.807) is 0 Å². The first-order valence-corrected chi connectivity index (χ1v) is 10.6. The molecule has 0 fully saturated rings. The highest BCUT2D eigenvalue weighted by Crippen LogP contribution is 2.36. The summed E-state index contributed by atoms with van der Waals surface area (Å²) in [6.45, 7) is 6.40. The van der Waals surface area contributed by atoms with Crippen molar-refractivity contribution in [1.82, 2.24) is 0 Å². The molecule has 0 atom stereocenters. The van der Waals surface area contributed by atoms with Crippen LogP contribution in [0.2, 0.25) is 0 Å². The largest absolute Gasteiger partial charge is 0.494 e. The summed E-state index contributed by atoms with van der Waals surface area (Å²) in [4.78, 5) is 28.8. The van der Waals surface area contributed by atoms with Crippen LogP contribution in [0, 0.1) is 13.8 Å². The molecule has 6 heteroatoms. The molecule has 5 nitrogen and oxygen atoms in total. The third-order valence-electron chi connectivity index (χ3n) is 4.88. The van der Waals surface area contributed by atoms with Crippen molar-refractivity contribution < 1.29 is 14.3 Å². The molecule has 2 amide bonds. The first-order chi connectivity index (χ1) is 14.5. The summed E-state index contributed by atoms with van der Waals surface area (Å²) in [5.74, 6) is 0.0771. The minimum Gasteiger partial charge on any atom is -0.494 e. The van der Waals surface area contributed by atoms with Gasteiger partial charge in [-0.2, -0.15) is 0 Å². The van der Waals surface area contributed by atoms with Gasteiger partial charge in [0.2, 0.25) is 0 Å². The van der Waals surface area contributed by atoms with Gasteiger partial charge in [-0.1, -0.05) is 23.8 Å². The highest BCUT2D eigenvalue weighted by molar-refractivity contribution is 7.11. The molecule has 1 aliphatic rings. The zero-order chi connectivity index (χ0) is 21.3. The van der Waals surface area contributed by atoms with Gasteiger partial charge in [0.15, 0.2) is 0 Å². The van der Waals surface area contributed by atoms with E-state index in [0.717, 1.165) is 21.8 Å². The van der Waals surface area contributed by atoms with E-state index in [9.17, 15) is 9.59 Å². The Morgan fingerprint density at radius 2 is 1.77 bits per heavy atom. The maximum Gasteiger partial charge on any atom is 0.282 e. The van der Waals surface area contributed by atoms with Crippen molar-refractivity contribution >= 4 is 40.1 Å². The van der Waals surface area contributed by atoms with Crippen molar-refractivity contribution in [2.24, 2.45) is 0 Å². The van der Waals surface area contributed by atoms with Crippen molar-refractivity contribution in [3.63, 3.8) is 0 Å². The standard InChI is InChI=1S/C24H22N2O3S/c1-4-29-18-10-8-17(9-11-18)25-22-21(20-6-5-13-30-20)23(27)26(24(22)28)19-12-7-15(2)14-16(19)3/h5-14,25H,4H2,1-3H3.